The summed E-state index contributed by atoms with van der Waals surface area (Å²) in [7, 11) is 0. The average Bonchev–Trinajstić information content (AvgIpc) is 3.25. The summed E-state index contributed by atoms with van der Waals surface area (Å²) in [6.07, 6.45) is 4.50. The zero-order valence-electron chi connectivity index (χ0n) is 14.2. The molecule has 1 aliphatic rings. The molecule has 3 heterocycles. The minimum Gasteiger partial charge on any atom is -0.361 e. The van der Waals surface area contributed by atoms with Crippen LogP contribution in [0.4, 0.5) is 11.5 Å². The van der Waals surface area contributed by atoms with Gasteiger partial charge in [-0.1, -0.05) is 18.2 Å². The van der Waals surface area contributed by atoms with Crippen LogP contribution in [-0.2, 0) is 11.2 Å². The first-order chi connectivity index (χ1) is 12.7. The van der Waals surface area contributed by atoms with Crippen molar-refractivity contribution in [3.05, 3.63) is 52.7 Å². The topological polar surface area (TPSA) is 106 Å². The lowest BCUT2D eigenvalue weighted by atomic mass is 10.1. The Balaban J connectivity index is 1.27. The van der Waals surface area contributed by atoms with E-state index in [1.165, 1.54) is 17.3 Å². The van der Waals surface area contributed by atoms with E-state index in [1.807, 2.05) is 29.3 Å². The third-order valence-electron chi connectivity index (χ3n) is 4.58. The number of nitrogens with zero attached hydrogens (tertiary/aromatic N) is 2. The molecule has 4 rings (SSSR count). The minimum atomic E-state index is -0.194. The van der Waals surface area contributed by atoms with Gasteiger partial charge in [-0.3, -0.25) is 9.59 Å². The van der Waals surface area contributed by atoms with Crippen molar-refractivity contribution in [3.8, 4) is 0 Å². The second kappa shape index (κ2) is 6.91. The lowest BCUT2D eigenvalue weighted by Crippen LogP contribution is -2.32. The molecule has 8 nitrogen and oxygen atoms in total. The van der Waals surface area contributed by atoms with Crippen molar-refractivity contribution in [2.75, 3.05) is 30.0 Å². The molecule has 1 amide bonds. The Morgan fingerprint density at radius 1 is 1.27 bits per heavy atom. The van der Waals surface area contributed by atoms with E-state index in [-0.39, 0.29) is 11.5 Å². The summed E-state index contributed by atoms with van der Waals surface area (Å²) in [6, 6.07) is 8.13. The summed E-state index contributed by atoms with van der Waals surface area (Å²) >= 11 is 0. The summed E-state index contributed by atoms with van der Waals surface area (Å²) in [5, 5.41) is 7.15. The van der Waals surface area contributed by atoms with Gasteiger partial charge in [-0.15, -0.1) is 0 Å². The van der Waals surface area contributed by atoms with Gasteiger partial charge in [0.2, 0.25) is 5.91 Å². The number of amides is 1. The fourth-order valence-corrected chi connectivity index (χ4v) is 3.22. The number of H-pyrrole nitrogens is 2. The number of anilines is 2. The van der Waals surface area contributed by atoms with Gasteiger partial charge in [0.25, 0.3) is 5.56 Å². The summed E-state index contributed by atoms with van der Waals surface area (Å²) in [5.41, 5.74) is 2.58. The molecule has 26 heavy (non-hydrogen) atoms. The molecule has 2 aromatic heterocycles. The number of aromatic amines is 2. The zero-order valence-corrected chi connectivity index (χ0v) is 14.2. The number of carbonyl (C=O) groups excluding carboxylic acids is 1. The van der Waals surface area contributed by atoms with Gasteiger partial charge < -0.3 is 25.5 Å². The molecule has 0 aliphatic carbocycles. The van der Waals surface area contributed by atoms with Crippen LogP contribution in [0.2, 0.25) is 0 Å². The van der Waals surface area contributed by atoms with E-state index in [0.717, 1.165) is 11.9 Å². The lowest BCUT2D eigenvalue weighted by Gasteiger charge is -2.16. The lowest BCUT2D eigenvalue weighted by molar-refractivity contribution is -0.120. The molecule has 0 atom stereocenters. The third kappa shape index (κ3) is 3.13. The molecule has 1 aliphatic heterocycles. The molecule has 0 fully saturated rings. The highest BCUT2D eigenvalue weighted by Gasteiger charge is 2.22. The minimum absolute atomic E-state index is 0.0110. The summed E-state index contributed by atoms with van der Waals surface area (Å²) in [6.45, 7) is 1.58. The van der Waals surface area contributed by atoms with E-state index < -0.39 is 0 Å². The number of hydrogen-bond acceptors (Lipinski definition) is 5. The van der Waals surface area contributed by atoms with Crippen LogP contribution in [0.25, 0.3) is 10.9 Å². The van der Waals surface area contributed by atoms with Crippen LogP contribution >= 0.6 is 0 Å². The largest absolute Gasteiger partial charge is 0.361 e. The maximum atomic E-state index is 12.1. The van der Waals surface area contributed by atoms with E-state index in [1.54, 1.807) is 0 Å². The normalized spacial score (nSPS) is 12.8. The van der Waals surface area contributed by atoms with Gasteiger partial charge in [0.05, 0.1) is 13.0 Å². The van der Waals surface area contributed by atoms with E-state index in [9.17, 15) is 9.59 Å². The molecule has 0 spiro atoms. The molecule has 0 radical (unpaired) electrons. The smallest absolute Gasteiger partial charge is 0.276 e. The summed E-state index contributed by atoms with van der Waals surface area (Å²) < 4.78 is 0. The number of rotatable bonds is 6. The summed E-state index contributed by atoms with van der Waals surface area (Å²) in [5.74, 6) is 0.587. The van der Waals surface area contributed by atoms with Crippen molar-refractivity contribution in [2.45, 2.75) is 12.8 Å². The first kappa shape index (κ1) is 16.2. The van der Waals surface area contributed by atoms with E-state index in [2.05, 4.69) is 31.7 Å². The van der Waals surface area contributed by atoms with E-state index >= 15 is 0 Å². The number of benzene rings is 1. The highest BCUT2D eigenvalue weighted by atomic mass is 16.1. The number of fused-ring (bicyclic) bond motifs is 2. The van der Waals surface area contributed by atoms with Gasteiger partial charge in [-0.25, -0.2) is 4.98 Å². The Morgan fingerprint density at radius 3 is 3.08 bits per heavy atom. The Morgan fingerprint density at radius 2 is 2.15 bits per heavy atom. The maximum absolute atomic E-state index is 12.1. The number of para-hydroxylation sites is 1. The highest BCUT2D eigenvalue weighted by Crippen LogP contribution is 2.23. The van der Waals surface area contributed by atoms with Crippen LogP contribution in [0.15, 0.2) is 41.6 Å². The number of carbonyl (C=O) groups is 1. The predicted octanol–water partition coefficient (Wildman–Crippen LogP) is 1.19. The van der Waals surface area contributed by atoms with Crippen molar-refractivity contribution >= 4 is 28.3 Å². The number of hydrogen-bond donors (Lipinski definition) is 4. The molecule has 0 unspecified atom stereocenters. The van der Waals surface area contributed by atoms with Crippen LogP contribution in [0.3, 0.4) is 0 Å². The molecule has 0 saturated carbocycles. The first-order valence-corrected chi connectivity index (χ1v) is 8.60. The Hall–Kier alpha value is -3.29. The fourth-order valence-electron chi connectivity index (χ4n) is 3.22. The predicted molar refractivity (Wildman–Crippen MR) is 100 cm³/mol. The third-order valence-corrected chi connectivity index (χ3v) is 4.58. The second-order valence-electron chi connectivity index (χ2n) is 6.24. The van der Waals surface area contributed by atoms with Crippen molar-refractivity contribution in [1.82, 2.24) is 20.3 Å². The number of nitrogens with one attached hydrogen (secondary N) is 4. The number of aromatic nitrogens is 3. The zero-order chi connectivity index (χ0) is 17.9. The highest BCUT2D eigenvalue weighted by molar-refractivity contribution is 5.83. The quantitative estimate of drug-likeness (QED) is 0.533. The van der Waals surface area contributed by atoms with Gasteiger partial charge in [0.15, 0.2) is 5.82 Å². The van der Waals surface area contributed by atoms with Crippen molar-refractivity contribution in [2.24, 2.45) is 0 Å². The summed E-state index contributed by atoms with van der Waals surface area (Å²) in [4.78, 5) is 35.6. The van der Waals surface area contributed by atoms with E-state index in [0.29, 0.717) is 37.7 Å². The standard InChI is InChI=1S/C18H20N6O2/c25-15(6-8-24-11-23-16-17(24)21-10-22-18(16)26)19-7-5-12-9-20-14-4-2-1-3-13(12)14/h1-4,9-10,20,23H,5-8,11H2,(H,19,25)(H,21,22,26). The van der Waals surface area contributed by atoms with Gasteiger partial charge in [-0.2, -0.15) is 0 Å². The molecule has 1 aromatic carbocycles. The van der Waals surface area contributed by atoms with Crippen LogP contribution in [0.5, 0.6) is 0 Å². The van der Waals surface area contributed by atoms with Gasteiger partial charge in [0.1, 0.15) is 5.69 Å². The fraction of sp³-hybridized carbons (Fsp3) is 0.278. The van der Waals surface area contributed by atoms with Crippen molar-refractivity contribution < 1.29 is 4.79 Å². The van der Waals surface area contributed by atoms with Crippen LogP contribution in [-0.4, -0.2) is 40.6 Å². The van der Waals surface area contributed by atoms with Crippen LogP contribution < -0.4 is 21.1 Å². The molecule has 4 N–H and O–H groups in total. The van der Waals surface area contributed by atoms with E-state index in [4.69, 9.17) is 0 Å². The Labute approximate surface area is 149 Å². The Bertz CT molecular complexity index is 993. The monoisotopic (exact) mass is 352 g/mol. The molecule has 134 valence electrons. The maximum Gasteiger partial charge on any atom is 0.276 e. The van der Waals surface area contributed by atoms with Gasteiger partial charge in [0, 0.05) is 36.6 Å². The molecule has 8 heteroatoms. The van der Waals surface area contributed by atoms with Gasteiger partial charge in [-0.05, 0) is 18.1 Å². The second-order valence-corrected chi connectivity index (χ2v) is 6.24. The Kier molecular flexibility index (Phi) is 4.30. The molecule has 0 bridgehead atoms. The van der Waals surface area contributed by atoms with Crippen LogP contribution in [0.1, 0.15) is 12.0 Å². The molecule has 0 saturated heterocycles. The molecular formula is C18H20N6O2. The van der Waals surface area contributed by atoms with Crippen LogP contribution in [0, 0.1) is 0 Å². The van der Waals surface area contributed by atoms with Crippen molar-refractivity contribution in [3.63, 3.8) is 0 Å². The molecular weight excluding hydrogens is 332 g/mol. The SMILES string of the molecule is O=C(CCN1CNc2c1nc[nH]c2=O)NCCc1c[nH]c2ccccc12. The van der Waals surface area contributed by atoms with Gasteiger partial charge >= 0.3 is 0 Å². The average molecular weight is 352 g/mol. The van der Waals surface area contributed by atoms with Crippen molar-refractivity contribution in [1.29, 1.82) is 0 Å². The first-order valence-electron chi connectivity index (χ1n) is 8.60. The molecule has 3 aromatic rings.